The first-order valence-electron chi connectivity index (χ1n) is 10.5. The van der Waals surface area contributed by atoms with Crippen molar-refractivity contribution >= 4 is 0 Å². The molecule has 1 radical (unpaired) electrons. The minimum Gasteiger partial charge on any atom is -0.375 e. The predicted molar refractivity (Wildman–Crippen MR) is 100 cm³/mol. The van der Waals surface area contributed by atoms with Crippen LogP contribution in [-0.2, 0) is 9.84 Å². The summed E-state index contributed by atoms with van der Waals surface area (Å²) in [6, 6.07) is 0. The van der Waals surface area contributed by atoms with E-state index in [-0.39, 0.29) is 0 Å². The number of hydrogen-bond acceptors (Lipinski definition) is 1. The van der Waals surface area contributed by atoms with E-state index in [1.54, 1.807) is 6.92 Å². The lowest BCUT2D eigenvalue weighted by molar-refractivity contribution is -0.0351. The smallest absolute Gasteiger partial charge is 0.113 e. The highest BCUT2D eigenvalue weighted by atomic mass is 16.5. The summed E-state index contributed by atoms with van der Waals surface area (Å²) in [5.41, 5.74) is 0. The Bertz CT molecular complexity index is 216. The summed E-state index contributed by atoms with van der Waals surface area (Å²) in [5.74, 6) is 0. The maximum absolute atomic E-state index is 11.2. The second-order valence-electron chi connectivity index (χ2n) is 7.23. The van der Waals surface area contributed by atoms with E-state index in [1.807, 2.05) is 0 Å². The fourth-order valence-electron chi connectivity index (χ4n) is 3.06. The van der Waals surface area contributed by atoms with Gasteiger partial charge in [-0.25, -0.2) is 5.11 Å². The van der Waals surface area contributed by atoms with Gasteiger partial charge in [-0.2, -0.15) is 0 Å². The summed E-state index contributed by atoms with van der Waals surface area (Å²) in [6.07, 6.45) is 19.5. The minimum absolute atomic E-state index is 0.327. The van der Waals surface area contributed by atoms with Crippen molar-refractivity contribution in [2.75, 3.05) is 6.61 Å². The van der Waals surface area contributed by atoms with Gasteiger partial charge in [-0.15, -0.1) is 0 Å². The number of unbranched alkanes of at least 4 members (excludes halogenated alkanes) is 11. The van der Waals surface area contributed by atoms with Crippen molar-refractivity contribution in [3.05, 3.63) is 0 Å². The maximum atomic E-state index is 11.2. The lowest BCUT2D eigenvalue weighted by Gasteiger charge is -2.18. The largest absolute Gasteiger partial charge is 0.375 e. The lowest BCUT2D eigenvalue weighted by Crippen LogP contribution is -2.19. The highest BCUT2D eigenvalue weighted by molar-refractivity contribution is 4.61. The van der Waals surface area contributed by atoms with E-state index in [0.717, 1.165) is 12.8 Å². The molecule has 0 spiro atoms. The number of rotatable bonds is 18. The Kier molecular flexibility index (Phi) is 18.2. The summed E-state index contributed by atoms with van der Waals surface area (Å²) < 4.78 is 5.86. The molecule has 0 saturated carbocycles. The van der Waals surface area contributed by atoms with E-state index in [2.05, 4.69) is 13.8 Å². The summed E-state index contributed by atoms with van der Waals surface area (Å²) in [7, 11) is 0. The lowest BCUT2D eigenvalue weighted by atomic mass is 10.0. The van der Waals surface area contributed by atoms with Crippen molar-refractivity contribution in [3.8, 4) is 0 Å². The Morgan fingerprint density at radius 2 is 1.04 bits per heavy atom. The Balaban J connectivity index is 3.66. The Labute approximate surface area is 146 Å². The molecule has 0 saturated heterocycles. The first-order chi connectivity index (χ1) is 11.2. The van der Waals surface area contributed by atoms with E-state index in [1.165, 1.54) is 83.5 Å². The van der Waals surface area contributed by atoms with E-state index < -0.39 is 6.10 Å². The monoisotopic (exact) mass is 327 g/mol. The molecule has 23 heavy (non-hydrogen) atoms. The normalized spacial score (nSPS) is 14.1. The van der Waals surface area contributed by atoms with Crippen LogP contribution < -0.4 is 0 Å². The average Bonchev–Trinajstić information content (AvgIpc) is 2.53. The van der Waals surface area contributed by atoms with Crippen molar-refractivity contribution < 1.29 is 9.84 Å². The van der Waals surface area contributed by atoms with Gasteiger partial charge < -0.3 is 4.74 Å². The molecule has 0 aromatic rings. The van der Waals surface area contributed by atoms with Gasteiger partial charge in [-0.05, 0) is 19.8 Å². The van der Waals surface area contributed by atoms with Gasteiger partial charge in [0.1, 0.15) is 6.10 Å². The van der Waals surface area contributed by atoms with E-state index >= 15 is 0 Å². The third-order valence-corrected chi connectivity index (χ3v) is 4.58. The van der Waals surface area contributed by atoms with Crippen LogP contribution in [0.15, 0.2) is 0 Å². The summed E-state index contributed by atoms with van der Waals surface area (Å²) in [5, 5.41) is 11.2. The molecule has 0 aliphatic heterocycles. The highest BCUT2D eigenvalue weighted by Crippen LogP contribution is 2.17. The molecule has 0 aliphatic rings. The van der Waals surface area contributed by atoms with Gasteiger partial charge in [-0.3, -0.25) is 0 Å². The van der Waals surface area contributed by atoms with Crippen LogP contribution in [0.25, 0.3) is 0 Å². The van der Waals surface area contributed by atoms with Crippen molar-refractivity contribution in [2.24, 2.45) is 0 Å². The standard InChI is InChI=1S/C21H43O2/c1-4-6-8-10-11-12-14-16-18-21(23-19-20(3)22)17-15-13-9-7-5-2/h20-21H,4-19H2,1-3H3. The van der Waals surface area contributed by atoms with Crippen molar-refractivity contribution in [2.45, 2.75) is 129 Å². The molecule has 2 nitrogen and oxygen atoms in total. The topological polar surface area (TPSA) is 29.1 Å². The molecule has 0 bridgehead atoms. The zero-order chi connectivity index (χ0) is 17.2. The molecule has 0 heterocycles. The van der Waals surface area contributed by atoms with Crippen LogP contribution in [0.3, 0.4) is 0 Å². The van der Waals surface area contributed by atoms with Crippen molar-refractivity contribution in [1.29, 1.82) is 0 Å². The maximum Gasteiger partial charge on any atom is 0.113 e. The van der Waals surface area contributed by atoms with Gasteiger partial charge in [0.05, 0.1) is 12.7 Å². The molecule has 2 unspecified atom stereocenters. The van der Waals surface area contributed by atoms with E-state index in [4.69, 9.17) is 4.74 Å². The summed E-state index contributed by atoms with van der Waals surface area (Å²) in [4.78, 5) is 0. The molecule has 139 valence electrons. The van der Waals surface area contributed by atoms with Gasteiger partial charge in [0.25, 0.3) is 0 Å². The number of hydrogen-bond donors (Lipinski definition) is 0. The molecule has 0 fully saturated rings. The zero-order valence-corrected chi connectivity index (χ0v) is 16.3. The fraction of sp³-hybridized carbons (Fsp3) is 1.00. The van der Waals surface area contributed by atoms with Crippen LogP contribution >= 0.6 is 0 Å². The van der Waals surface area contributed by atoms with Gasteiger partial charge in [0.2, 0.25) is 0 Å². The molecule has 0 aliphatic carbocycles. The van der Waals surface area contributed by atoms with Gasteiger partial charge in [0, 0.05) is 0 Å². The highest BCUT2D eigenvalue weighted by Gasteiger charge is 2.10. The quantitative estimate of drug-likeness (QED) is 0.247. The van der Waals surface area contributed by atoms with Crippen LogP contribution in [0, 0.1) is 0 Å². The molecule has 0 N–H and O–H groups in total. The Morgan fingerprint density at radius 3 is 1.43 bits per heavy atom. The van der Waals surface area contributed by atoms with Crippen molar-refractivity contribution in [3.63, 3.8) is 0 Å². The minimum atomic E-state index is -0.587. The third kappa shape index (κ3) is 18.1. The second-order valence-corrected chi connectivity index (χ2v) is 7.23. The predicted octanol–water partition coefficient (Wildman–Crippen LogP) is 7.08. The SMILES string of the molecule is CCCCCCCCCCC(CCCCCCC)OCC(C)[O]. The zero-order valence-electron chi connectivity index (χ0n) is 16.3. The van der Waals surface area contributed by atoms with Gasteiger partial charge >= 0.3 is 0 Å². The van der Waals surface area contributed by atoms with Crippen LogP contribution in [0.2, 0.25) is 0 Å². The first kappa shape index (κ1) is 22.9. The molecular weight excluding hydrogens is 284 g/mol. The summed E-state index contributed by atoms with van der Waals surface area (Å²) in [6.45, 7) is 6.61. The molecule has 2 atom stereocenters. The Hall–Kier alpha value is -0.0800. The Morgan fingerprint density at radius 1 is 0.652 bits per heavy atom. The van der Waals surface area contributed by atoms with Crippen LogP contribution in [0.5, 0.6) is 0 Å². The molecule has 2 heteroatoms. The molecule has 0 aromatic carbocycles. The molecular formula is C21H43O2. The van der Waals surface area contributed by atoms with Gasteiger partial charge in [-0.1, -0.05) is 97.3 Å². The first-order valence-corrected chi connectivity index (χ1v) is 10.5. The fourth-order valence-corrected chi connectivity index (χ4v) is 3.06. The van der Waals surface area contributed by atoms with Crippen LogP contribution in [-0.4, -0.2) is 18.8 Å². The van der Waals surface area contributed by atoms with E-state index in [9.17, 15) is 5.11 Å². The second kappa shape index (κ2) is 18.3. The van der Waals surface area contributed by atoms with Crippen molar-refractivity contribution in [1.82, 2.24) is 0 Å². The van der Waals surface area contributed by atoms with Gasteiger partial charge in [0.15, 0.2) is 0 Å². The van der Waals surface area contributed by atoms with E-state index in [0.29, 0.717) is 12.7 Å². The summed E-state index contributed by atoms with van der Waals surface area (Å²) >= 11 is 0. The number of ether oxygens (including phenoxy) is 1. The van der Waals surface area contributed by atoms with Crippen LogP contribution in [0.4, 0.5) is 0 Å². The third-order valence-electron chi connectivity index (χ3n) is 4.58. The molecule has 0 aromatic heterocycles. The average molecular weight is 328 g/mol. The van der Waals surface area contributed by atoms with Crippen LogP contribution in [0.1, 0.15) is 117 Å². The molecule has 0 rings (SSSR count). The molecule has 0 amide bonds.